The summed E-state index contributed by atoms with van der Waals surface area (Å²) in [5.41, 5.74) is 3.83. The van der Waals surface area contributed by atoms with Gasteiger partial charge in [0.15, 0.2) is 6.61 Å². The van der Waals surface area contributed by atoms with Gasteiger partial charge in [-0.2, -0.15) is 5.10 Å². The second-order valence-electron chi connectivity index (χ2n) is 6.53. The van der Waals surface area contributed by atoms with Crippen LogP contribution in [-0.4, -0.2) is 23.8 Å². The fourth-order valence-electron chi connectivity index (χ4n) is 2.19. The SMILES string of the molecule is CC(C)(C)c1ccccc1OCC(=O)N/N=C/c1cc(Br)ccc1O. The highest BCUT2D eigenvalue weighted by Crippen LogP contribution is 2.30. The maximum absolute atomic E-state index is 11.9. The van der Waals surface area contributed by atoms with Crippen LogP contribution in [0, 0.1) is 0 Å². The molecule has 0 saturated carbocycles. The minimum atomic E-state index is -0.380. The topological polar surface area (TPSA) is 70.9 Å². The zero-order valence-electron chi connectivity index (χ0n) is 14.4. The minimum absolute atomic E-state index is 0.0799. The molecule has 132 valence electrons. The van der Waals surface area contributed by atoms with Crippen LogP contribution in [0.15, 0.2) is 52.0 Å². The van der Waals surface area contributed by atoms with Crippen molar-refractivity contribution in [2.45, 2.75) is 26.2 Å². The van der Waals surface area contributed by atoms with Crippen molar-refractivity contribution < 1.29 is 14.6 Å². The average Bonchev–Trinajstić information content (AvgIpc) is 2.55. The summed E-state index contributed by atoms with van der Waals surface area (Å²) in [6, 6.07) is 12.6. The number of nitrogens with zero attached hydrogens (tertiary/aromatic N) is 1. The lowest BCUT2D eigenvalue weighted by molar-refractivity contribution is -0.123. The van der Waals surface area contributed by atoms with Crippen molar-refractivity contribution in [2.24, 2.45) is 5.10 Å². The number of carbonyl (C=O) groups excluding carboxylic acids is 1. The van der Waals surface area contributed by atoms with Crippen LogP contribution < -0.4 is 10.2 Å². The molecule has 25 heavy (non-hydrogen) atoms. The Hall–Kier alpha value is -2.34. The number of ether oxygens (including phenoxy) is 1. The summed E-state index contributed by atoms with van der Waals surface area (Å²) in [4.78, 5) is 11.9. The molecular weight excluding hydrogens is 384 g/mol. The highest BCUT2D eigenvalue weighted by molar-refractivity contribution is 9.10. The molecule has 2 aromatic rings. The molecule has 0 radical (unpaired) electrons. The molecule has 1 amide bonds. The van der Waals surface area contributed by atoms with Crippen molar-refractivity contribution in [2.75, 3.05) is 6.61 Å². The number of phenols is 1. The standard InChI is InChI=1S/C19H21BrN2O3/c1-19(2,3)15-6-4-5-7-17(15)25-12-18(24)22-21-11-13-10-14(20)8-9-16(13)23/h4-11,23H,12H2,1-3H3,(H,22,24)/b21-11+. The van der Waals surface area contributed by atoms with Crippen LogP contribution in [0.5, 0.6) is 11.5 Å². The number of rotatable bonds is 5. The van der Waals surface area contributed by atoms with Crippen LogP contribution >= 0.6 is 15.9 Å². The first-order valence-corrected chi connectivity index (χ1v) is 8.59. The van der Waals surface area contributed by atoms with Gasteiger partial charge in [0, 0.05) is 10.0 Å². The molecule has 5 nitrogen and oxygen atoms in total. The van der Waals surface area contributed by atoms with E-state index in [-0.39, 0.29) is 23.7 Å². The van der Waals surface area contributed by atoms with E-state index in [1.165, 1.54) is 6.21 Å². The third-order valence-corrected chi connectivity index (χ3v) is 3.93. The number of benzene rings is 2. The van der Waals surface area contributed by atoms with Crippen LogP contribution in [0.2, 0.25) is 0 Å². The van der Waals surface area contributed by atoms with E-state index in [1.807, 2.05) is 24.3 Å². The lowest BCUT2D eigenvalue weighted by atomic mass is 9.86. The Morgan fingerprint density at radius 1 is 1.28 bits per heavy atom. The lowest BCUT2D eigenvalue weighted by Gasteiger charge is -2.22. The van der Waals surface area contributed by atoms with Gasteiger partial charge in [-0.1, -0.05) is 54.9 Å². The van der Waals surface area contributed by atoms with E-state index in [4.69, 9.17) is 4.74 Å². The molecular formula is C19H21BrN2O3. The van der Waals surface area contributed by atoms with Crippen molar-refractivity contribution in [3.63, 3.8) is 0 Å². The Labute approximate surface area is 155 Å². The third-order valence-electron chi connectivity index (χ3n) is 3.44. The summed E-state index contributed by atoms with van der Waals surface area (Å²) in [5.74, 6) is 0.379. The van der Waals surface area contributed by atoms with Crippen molar-refractivity contribution in [1.29, 1.82) is 0 Å². The van der Waals surface area contributed by atoms with Gasteiger partial charge in [-0.05, 0) is 35.2 Å². The van der Waals surface area contributed by atoms with Crippen LogP contribution in [-0.2, 0) is 10.2 Å². The number of hydrogen-bond donors (Lipinski definition) is 2. The Balaban J connectivity index is 1.94. The number of carbonyl (C=O) groups is 1. The van der Waals surface area contributed by atoms with Crippen molar-refractivity contribution in [3.8, 4) is 11.5 Å². The fraction of sp³-hybridized carbons (Fsp3) is 0.263. The zero-order chi connectivity index (χ0) is 18.4. The van der Waals surface area contributed by atoms with Gasteiger partial charge in [0.05, 0.1) is 6.21 Å². The number of phenolic OH excluding ortho intramolecular Hbond substituents is 1. The molecule has 2 rings (SSSR count). The predicted molar refractivity (Wildman–Crippen MR) is 102 cm³/mol. The second-order valence-corrected chi connectivity index (χ2v) is 7.45. The van der Waals surface area contributed by atoms with E-state index in [1.54, 1.807) is 18.2 Å². The van der Waals surface area contributed by atoms with E-state index in [0.717, 1.165) is 10.0 Å². The molecule has 0 heterocycles. The molecule has 0 fully saturated rings. The van der Waals surface area contributed by atoms with Crippen molar-refractivity contribution in [1.82, 2.24) is 5.43 Å². The van der Waals surface area contributed by atoms with Crippen molar-refractivity contribution in [3.05, 3.63) is 58.1 Å². The maximum Gasteiger partial charge on any atom is 0.277 e. The molecule has 0 atom stereocenters. The molecule has 0 unspecified atom stereocenters. The van der Waals surface area contributed by atoms with Crippen LogP contribution in [0.3, 0.4) is 0 Å². The Morgan fingerprint density at radius 2 is 2.00 bits per heavy atom. The van der Waals surface area contributed by atoms with Gasteiger partial charge in [-0.3, -0.25) is 4.79 Å². The summed E-state index contributed by atoms with van der Waals surface area (Å²) in [7, 11) is 0. The van der Waals surface area contributed by atoms with Crippen LogP contribution in [0.1, 0.15) is 31.9 Å². The average molecular weight is 405 g/mol. The number of nitrogens with one attached hydrogen (secondary N) is 1. The molecule has 0 saturated heterocycles. The first-order chi connectivity index (χ1) is 11.8. The van der Waals surface area contributed by atoms with Gasteiger partial charge in [-0.15, -0.1) is 0 Å². The van der Waals surface area contributed by atoms with E-state index in [0.29, 0.717) is 11.3 Å². The summed E-state index contributed by atoms with van der Waals surface area (Å²) >= 11 is 3.31. The van der Waals surface area contributed by atoms with Crippen LogP contribution in [0.4, 0.5) is 0 Å². The summed E-state index contributed by atoms with van der Waals surface area (Å²) in [6.45, 7) is 6.12. The molecule has 2 N–H and O–H groups in total. The zero-order valence-corrected chi connectivity index (χ0v) is 16.0. The Bertz CT molecular complexity index is 782. The summed E-state index contributed by atoms with van der Waals surface area (Å²) < 4.78 is 6.43. The molecule has 2 aromatic carbocycles. The first-order valence-electron chi connectivity index (χ1n) is 7.80. The normalized spacial score (nSPS) is 11.5. The number of aromatic hydroxyl groups is 1. The highest BCUT2D eigenvalue weighted by atomic mass is 79.9. The Morgan fingerprint density at radius 3 is 2.72 bits per heavy atom. The molecule has 0 spiro atoms. The van der Waals surface area contributed by atoms with E-state index in [2.05, 4.69) is 47.2 Å². The quantitative estimate of drug-likeness (QED) is 0.584. The number of amides is 1. The van der Waals surface area contributed by atoms with Gasteiger partial charge >= 0.3 is 0 Å². The maximum atomic E-state index is 11.9. The smallest absolute Gasteiger partial charge is 0.277 e. The van der Waals surface area contributed by atoms with E-state index < -0.39 is 0 Å². The minimum Gasteiger partial charge on any atom is -0.507 e. The van der Waals surface area contributed by atoms with Gasteiger partial charge in [0.2, 0.25) is 0 Å². The third kappa shape index (κ3) is 5.60. The van der Waals surface area contributed by atoms with Gasteiger partial charge in [-0.25, -0.2) is 5.43 Å². The Kier molecular flexibility index (Phi) is 6.20. The largest absolute Gasteiger partial charge is 0.507 e. The van der Waals surface area contributed by atoms with Gasteiger partial charge in [0.1, 0.15) is 11.5 Å². The fourth-order valence-corrected chi connectivity index (χ4v) is 2.57. The number of hydrogen-bond acceptors (Lipinski definition) is 4. The van der Waals surface area contributed by atoms with Gasteiger partial charge in [0.25, 0.3) is 5.91 Å². The highest BCUT2D eigenvalue weighted by Gasteiger charge is 2.18. The monoisotopic (exact) mass is 404 g/mol. The molecule has 0 aliphatic carbocycles. The summed E-state index contributed by atoms with van der Waals surface area (Å²) in [6.07, 6.45) is 1.38. The number of halogens is 1. The van der Waals surface area contributed by atoms with Gasteiger partial charge < -0.3 is 9.84 Å². The molecule has 0 bridgehead atoms. The first kappa shape index (κ1) is 19.0. The predicted octanol–water partition coefficient (Wildman–Crippen LogP) is 3.98. The molecule has 6 heteroatoms. The number of hydrazone groups is 1. The van der Waals surface area contributed by atoms with Crippen molar-refractivity contribution >= 4 is 28.1 Å². The summed E-state index contributed by atoms with van der Waals surface area (Å²) in [5, 5.41) is 13.6. The number of para-hydroxylation sites is 1. The lowest BCUT2D eigenvalue weighted by Crippen LogP contribution is -2.25. The second kappa shape index (κ2) is 8.16. The van der Waals surface area contributed by atoms with E-state index >= 15 is 0 Å². The van der Waals surface area contributed by atoms with Crippen LogP contribution in [0.25, 0.3) is 0 Å². The van der Waals surface area contributed by atoms with E-state index in [9.17, 15) is 9.90 Å². The molecule has 0 aromatic heterocycles. The molecule has 0 aliphatic heterocycles. The molecule has 0 aliphatic rings.